The molecule has 1 heterocycles. The number of aromatic nitrogens is 2. The quantitative estimate of drug-likeness (QED) is 0.770. The monoisotopic (exact) mass is 242 g/mol. The van der Waals surface area contributed by atoms with E-state index in [-0.39, 0.29) is 5.97 Å². The SMILES string of the molecule is COC(=O)c1cnnc(CCc2ccccc2)c1. The largest absolute Gasteiger partial charge is 0.465 e. The van der Waals surface area contributed by atoms with E-state index in [2.05, 4.69) is 27.1 Å². The number of carbonyl (C=O) groups is 1. The van der Waals surface area contributed by atoms with E-state index in [1.54, 1.807) is 6.07 Å². The summed E-state index contributed by atoms with van der Waals surface area (Å²) in [7, 11) is 1.35. The molecule has 0 fully saturated rings. The van der Waals surface area contributed by atoms with Crippen LogP contribution in [0, 0.1) is 0 Å². The minimum absolute atomic E-state index is 0.383. The van der Waals surface area contributed by atoms with Crippen molar-refractivity contribution in [3.8, 4) is 0 Å². The second kappa shape index (κ2) is 5.91. The third kappa shape index (κ3) is 3.13. The summed E-state index contributed by atoms with van der Waals surface area (Å²) >= 11 is 0. The van der Waals surface area contributed by atoms with Crippen molar-refractivity contribution in [3.05, 3.63) is 59.4 Å². The van der Waals surface area contributed by atoms with Gasteiger partial charge in [-0.1, -0.05) is 30.3 Å². The van der Waals surface area contributed by atoms with Crippen molar-refractivity contribution in [2.45, 2.75) is 12.8 Å². The molecule has 92 valence electrons. The Morgan fingerprint density at radius 2 is 2.00 bits per heavy atom. The van der Waals surface area contributed by atoms with Crippen LogP contribution in [-0.2, 0) is 17.6 Å². The Morgan fingerprint density at radius 3 is 2.72 bits per heavy atom. The number of aryl methyl sites for hydroxylation is 2. The molecule has 1 aromatic heterocycles. The molecular formula is C14H14N2O2. The number of rotatable bonds is 4. The predicted molar refractivity (Wildman–Crippen MR) is 67.2 cm³/mol. The van der Waals surface area contributed by atoms with Crippen LogP contribution in [0.25, 0.3) is 0 Å². The maximum absolute atomic E-state index is 11.3. The summed E-state index contributed by atoms with van der Waals surface area (Å²) in [5.74, 6) is -0.383. The van der Waals surface area contributed by atoms with Crippen molar-refractivity contribution in [2.24, 2.45) is 0 Å². The minimum Gasteiger partial charge on any atom is -0.465 e. The van der Waals surface area contributed by atoms with Gasteiger partial charge in [0.05, 0.1) is 24.6 Å². The molecule has 0 bridgehead atoms. The topological polar surface area (TPSA) is 52.1 Å². The third-order valence-corrected chi connectivity index (χ3v) is 2.64. The van der Waals surface area contributed by atoms with Crippen LogP contribution < -0.4 is 0 Å². The van der Waals surface area contributed by atoms with E-state index in [0.717, 1.165) is 18.5 Å². The first-order valence-corrected chi connectivity index (χ1v) is 5.73. The number of methoxy groups -OCH3 is 1. The Labute approximate surface area is 106 Å². The normalized spacial score (nSPS) is 10.1. The molecule has 0 saturated heterocycles. The van der Waals surface area contributed by atoms with Crippen LogP contribution in [-0.4, -0.2) is 23.3 Å². The van der Waals surface area contributed by atoms with Crippen LogP contribution in [0.2, 0.25) is 0 Å². The summed E-state index contributed by atoms with van der Waals surface area (Å²) in [4.78, 5) is 11.3. The molecule has 0 saturated carbocycles. The number of nitrogens with zero attached hydrogens (tertiary/aromatic N) is 2. The van der Waals surface area contributed by atoms with E-state index in [0.29, 0.717) is 5.56 Å². The molecule has 0 atom stereocenters. The second-order valence-electron chi connectivity index (χ2n) is 3.91. The molecule has 2 rings (SSSR count). The molecule has 2 aromatic rings. The zero-order valence-electron chi connectivity index (χ0n) is 10.2. The highest BCUT2D eigenvalue weighted by Gasteiger charge is 2.07. The van der Waals surface area contributed by atoms with Crippen molar-refractivity contribution >= 4 is 5.97 Å². The van der Waals surface area contributed by atoms with Crippen molar-refractivity contribution in [1.29, 1.82) is 0 Å². The highest BCUT2D eigenvalue weighted by molar-refractivity contribution is 5.88. The van der Waals surface area contributed by atoms with Crippen LogP contribution >= 0.6 is 0 Å². The van der Waals surface area contributed by atoms with Gasteiger partial charge >= 0.3 is 5.97 Å². The summed E-state index contributed by atoms with van der Waals surface area (Å²) in [5, 5.41) is 7.83. The summed E-state index contributed by atoms with van der Waals surface area (Å²) in [6, 6.07) is 11.9. The van der Waals surface area contributed by atoms with Gasteiger partial charge in [0.15, 0.2) is 0 Å². The first-order valence-electron chi connectivity index (χ1n) is 5.73. The van der Waals surface area contributed by atoms with E-state index in [1.165, 1.54) is 18.9 Å². The van der Waals surface area contributed by atoms with Crippen LogP contribution in [0.1, 0.15) is 21.6 Å². The van der Waals surface area contributed by atoms with Gasteiger partial charge in [0.1, 0.15) is 0 Å². The van der Waals surface area contributed by atoms with Crippen LogP contribution in [0.5, 0.6) is 0 Å². The molecule has 0 radical (unpaired) electrons. The number of hydrogen-bond donors (Lipinski definition) is 0. The Morgan fingerprint density at radius 1 is 1.22 bits per heavy atom. The van der Waals surface area contributed by atoms with Gasteiger partial charge in [-0.3, -0.25) is 0 Å². The lowest BCUT2D eigenvalue weighted by molar-refractivity contribution is 0.0600. The van der Waals surface area contributed by atoms with Gasteiger partial charge < -0.3 is 4.74 Å². The molecule has 4 nitrogen and oxygen atoms in total. The maximum Gasteiger partial charge on any atom is 0.339 e. The molecule has 18 heavy (non-hydrogen) atoms. The van der Waals surface area contributed by atoms with E-state index >= 15 is 0 Å². The fraction of sp³-hybridized carbons (Fsp3) is 0.214. The predicted octanol–water partition coefficient (Wildman–Crippen LogP) is 2.05. The fourth-order valence-corrected chi connectivity index (χ4v) is 1.68. The van der Waals surface area contributed by atoms with Crippen molar-refractivity contribution in [3.63, 3.8) is 0 Å². The first-order chi connectivity index (χ1) is 8.79. The highest BCUT2D eigenvalue weighted by atomic mass is 16.5. The molecular weight excluding hydrogens is 228 g/mol. The maximum atomic E-state index is 11.3. The average molecular weight is 242 g/mol. The molecule has 0 spiro atoms. The molecule has 0 aliphatic rings. The lowest BCUT2D eigenvalue weighted by Crippen LogP contribution is -2.05. The molecule has 0 unspecified atom stereocenters. The molecule has 0 amide bonds. The zero-order valence-corrected chi connectivity index (χ0v) is 10.2. The Bertz CT molecular complexity index is 526. The van der Waals surface area contributed by atoms with Gasteiger partial charge in [0.2, 0.25) is 0 Å². The molecule has 0 aliphatic heterocycles. The van der Waals surface area contributed by atoms with E-state index in [1.807, 2.05) is 18.2 Å². The van der Waals surface area contributed by atoms with Crippen molar-refractivity contribution < 1.29 is 9.53 Å². The van der Waals surface area contributed by atoms with E-state index < -0.39 is 0 Å². The molecule has 1 aromatic carbocycles. The molecule has 4 heteroatoms. The lowest BCUT2D eigenvalue weighted by Gasteiger charge is -2.02. The van der Waals surface area contributed by atoms with Crippen molar-refractivity contribution in [2.75, 3.05) is 7.11 Å². The van der Waals surface area contributed by atoms with Crippen LogP contribution in [0.4, 0.5) is 0 Å². The first kappa shape index (κ1) is 12.2. The number of carbonyl (C=O) groups excluding carboxylic acids is 1. The standard InChI is InChI=1S/C14H14N2O2/c1-18-14(17)12-9-13(16-15-10-12)8-7-11-5-3-2-4-6-11/h2-6,9-10H,7-8H2,1H3. The Kier molecular flexibility index (Phi) is 4.02. The van der Waals surface area contributed by atoms with Gasteiger partial charge in [-0.2, -0.15) is 10.2 Å². The molecule has 0 N–H and O–H groups in total. The number of hydrogen-bond acceptors (Lipinski definition) is 4. The summed E-state index contributed by atoms with van der Waals surface area (Å²) in [6.07, 6.45) is 3.04. The summed E-state index contributed by atoms with van der Waals surface area (Å²) in [6.45, 7) is 0. The number of ether oxygens (including phenoxy) is 1. The smallest absolute Gasteiger partial charge is 0.339 e. The highest BCUT2D eigenvalue weighted by Crippen LogP contribution is 2.07. The number of benzene rings is 1. The summed E-state index contributed by atoms with van der Waals surface area (Å²) < 4.78 is 4.65. The van der Waals surface area contributed by atoms with Crippen LogP contribution in [0.3, 0.4) is 0 Å². The second-order valence-corrected chi connectivity index (χ2v) is 3.91. The van der Waals surface area contributed by atoms with Crippen molar-refractivity contribution in [1.82, 2.24) is 10.2 Å². The minimum atomic E-state index is -0.383. The average Bonchev–Trinajstić information content (AvgIpc) is 2.45. The zero-order chi connectivity index (χ0) is 12.8. The Balaban J connectivity index is 2.04. The van der Waals surface area contributed by atoms with E-state index in [4.69, 9.17) is 0 Å². The van der Waals surface area contributed by atoms with Gasteiger partial charge in [0, 0.05) is 0 Å². The number of esters is 1. The van der Waals surface area contributed by atoms with Gasteiger partial charge in [-0.15, -0.1) is 0 Å². The Hall–Kier alpha value is -2.23. The van der Waals surface area contributed by atoms with Crippen LogP contribution in [0.15, 0.2) is 42.6 Å². The van der Waals surface area contributed by atoms with Gasteiger partial charge in [0.25, 0.3) is 0 Å². The fourth-order valence-electron chi connectivity index (χ4n) is 1.68. The summed E-state index contributed by atoms with van der Waals surface area (Å²) in [5.41, 5.74) is 2.47. The lowest BCUT2D eigenvalue weighted by atomic mass is 10.1. The molecule has 0 aliphatic carbocycles. The van der Waals surface area contributed by atoms with Gasteiger partial charge in [-0.05, 0) is 24.5 Å². The third-order valence-electron chi connectivity index (χ3n) is 2.64. The van der Waals surface area contributed by atoms with E-state index in [9.17, 15) is 4.79 Å². The van der Waals surface area contributed by atoms with Gasteiger partial charge in [-0.25, -0.2) is 4.79 Å².